The fourth-order valence-corrected chi connectivity index (χ4v) is 3.70. The molecule has 1 aromatic carbocycles. The van der Waals surface area contributed by atoms with Gasteiger partial charge in [0.15, 0.2) is 0 Å². The summed E-state index contributed by atoms with van der Waals surface area (Å²) in [6.07, 6.45) is 0.766. The number of benzene rings is 1. The number of hydrogen-bond donors (Lipinski definition) is 1. The Morgan fingerprint density at radius 3 is 3.08 bits per heavy atom. The van der Waals surface area contributed by atoms with Crippen molar-refractivity contribution in [1.29, 1.82) is 0 Å². The Bertz CT molecular complexity index is 971. The van der Waals surface area contributed by atoms with Crippen molar-refractivity contribution in [2.45, 2.75) is 31.5 Å². The molecule has 0 fully saturated rings. The van der Waals surface area contributed by atoms with E-state index in [-0.39, 0.29) is 17.7 Å². The van der Waals surface area contributed by atoms with E-state index in [0.29, 0.717) is 17.5 Å². The molecule has 7 nitrogen and oxygen atoms in total. The Balaban J connectivity index is 1.41. The number of ether oxygens (including phenoxy) is 1. The number of carbonyl (C=O) groups excluding carboxylic acids is 1. The van der Waals surface area contributed by atoms with Crippen LogP contribution in [0.25, 0.3) is 5.78 Å². The van der Waals surface area contributed by atoms with Crippen molar-refractivity contribution < 1.29 is 9.53 Å². The first-order valence-corrected chi connectivity index (χ1v) is 9.43. The van der Waals surface area contributed by atoms with Crippen LogP contribution in [0.2, 0.25) is 0 Å². The summed E-state index contributed by atoms with van der Waals surface area (Å²) in [7, 11) is 0. The highest BCUT2D eigenvalue weighted by Gasteiger charge is 2.22. The highest BCUT2D eigenvalue weighted by atomic mass is 32.2. The van der Waals surface area contributed by atoms with Crippen LogP contribution in [0.15, 0.2) is 35.5 Å². The number of para-hydroxylation sites is 1. The number of hydrogen-bond acceptors (Lipinski definition) is 6. The fraction of sp³-hybridized carbons (Fsp3) is 0.333. The van der Waals surface area contributed by atoms with Crippen LogP contribution in [0.3, 0.4) is 0 Å². The van der Waals surface area contributed by atoms with Gasteiger partial charge in [0.2, 0.25) is 11.1 Å². The number of nitrogens with zero attached hydrogens (tertiary/aromatic N) is 4. The van der Waals surface area contributed by atoms with Crippen LogP contribution in [0.5, 0.6) is 5.75 Å². The van der Waals surface area contributed by atoms with Gasteiger partial charge in [0, 0.05) is 23.4 Å². The van der Waals surface area contributed by atoms with E-state index in [1.807, 2.05) is 44.2 Å². The van der Waals surface area contributed by atoms with Crippen LogP contribution >= 0.6 is 11.8 Å². The lowest BCUT2D eigenvalue weighted by Crippen LogP contribution is -2.33. The summed E-state index contributed by atoms with van der Waals surface area (Å²) in [6, 6.07) is 9.75. The topological polar surface area (TPSA) is 81.4 Å². The molecule has 1 unspecified atom stereocenters. The van der Waals surface area contributed by atoms with Gasteiger partial charge in [-0.1, -0.05) is 30.0 Å². The van der Waals surface area contributed by atoms with E-state index in [9.17, 15) is 4.79 Å². The number of aromatic nitrogens is 4. The zero-order valence-corrected chi connectivity index (χ0v) is 15.4. The van der Waals surface area contributed by atoms with Crippen LogP contribution in [-0.2, 0) is 4.79 Å². The lowest BCUT2D eigenvalue weighted by Gasteiger charge is -2.26. The average Bonchev–Trinajstić information content (AvgIpc) is 3.04. The summed E-state index contributed by atoms with van der Waals surface area (Å²) in [6.45, 7) is 4.49. The third-order valence-electron chi connectivity index (χ3n) is 4.22. The molecule has 26 heavy (non-hydrogen) atoms. The zero-order chi connectivity index (χ0) is 18.1. The molecule has 0 spiro atoms. The van der Waals surface area contributed by atoms with E-state index in [1.54, 1.807) is 4.52 Å². The molecule has 0 radical (unpaired) electrons. The third-order valence-corrected chi connectivity index (χ3v) is 5.06. The lowest BCUT2D eigenvalue weighted by atomic mass is 10.0. The Hall–Kier alpha value is -2.61. The van der Waals surface area contributed by atoms with Gasteiger partial charge in [-0.05, 0) is 26.0 Å². The van der Waals surface area contributed by atoms with Crippen molar-refractivity contribution in [3.05, 3.63) is 47.3 Å². The minimum Gasteiger partial charge on any atom is -0.493 e. The van der Waals surface area contributed by atoms with E-state index in [4.69, 9.17) is 4.74 Å². The normalized spacial score (nSPS) is 16.2. The summed E-state index contributed by atoms with van der Waals surface area (Å²) >= 11 is 1.31. The molecule has 1 N–H and O–H groups in total. The monoisotopic (exact) mass is 369 g/mol. The van der Waals surface area contributed by atoms with Gasteiger partial charge in [0.25, 0.3) is 5.78 Å². The van der Waals surface area contributed by atoms with Crippen LogP contribution in [0.4, 0.5) is 0 Å². The lowest BCUT2D eigenvalue weighted by molar-refractivity contribution is -0.119. The smallest absolute Gasteiger partial charge is 0.253 e. The van der Waals surface area contributed by atoms with E-state index < -0.39 is 0 Å². The fourth-order valence-electron chi connectivity index (χ4n) is 3.07. The number of fused-ring (bicyclic) bond motifs is 2. The molecule has 3 heterocycles. The highest BCUT2D eigenvalue weighted by molar-refractivity contribution is 7.99. The third kappa shape index (κ3) is 3.37. The quantitative estimate of drug-likeness (QED) is 0.712. The molecule has 1 aliphatic rings. The maximum absolute atomic E-state index is 12.4. The molecule has 2 aromatic heterocycles. The molecule has 8 heteroatoms. The molecular weight excluding hydrogens is 350 g/mol. The van der Waals surface area contributed by atoms with Crippen molar-refractivity contribution in [1.82, 2.24) is 24.9 Å². The number of amides is 1. The first-order chi connectivity index (χ1) is 12.6. The summed E-state index contributed by atoms with van der Waals surface area (Å²) in [5.74, 6) is 1.62. The Morgan fingerprint density at radius 2 is 2.19 bits per heavy atom. The Labute approximate surface area is 155 Å². The van der Waals surface area contributed by atoms with Crippen molar-refractivity contribution in [3.63, 3.8) is 0 Å². The number of thioether (sulfide) groups is 1. The summed E-state index contributed by atoms with van der Waals surface area (Å²) in [5.41, 5.74) is 2.89. The first kappa shape index (κ1) is 16.8. The second-order valence-electron chi connectivity index (χ2n) is 6.23. The molecule has 1 atom stereocenters. The predicted octanol–water partition coefficient (Wildman–Crippen LogP) is 2.47. The predicted molar refractivity (Wildman–Crippen MR) is 98.4 cm³/mol. The van der Waals surface area contributed by atoms with Gasteiger partial charge in [-0.15, -0.1) is 5.10 Å². The van der Waals surface area contributed by atoms with Crippen LogP contribution in [0.1, 0.15) is 29.4 Å². The zero-order valence-electron chi connectivity index (χ0n) is 14.6. The van der Waals surface area contributed by atoms with Gasteiger partial charge in [-0.2, -0.15) is 4.98 Å². The van der Waals surface area contributed by atoms with Gasteiger partial charge in [0.05, 0.1) is 18.4 Å². The Morgan fingerprint density at radius 1 is 1.35 bits per heavy atom. The summed E-state index contributed by atoms with van der Waals surface area (Å²) in [5, 5.41) is 8.05. The second-order valence-corrected chi connectivity index (χ2v) is 7.17. The molecular formula is C18H19N5O2S. The molecule has 3 aromatic rings. The molecule has 4 rings (SSSR count). The molecule has 0 saturated carbocycles. The number of nitrogens with one attached hydrogen (secondary N) is 1. The van der Waals surface area contributed by atoms with E-state index in [1.165, 1.54) is 11.8 Å². The van der Waals surface area contributed by atoms with E-state index in [2.05, 4.69) is 20.4 Å². The van der Waals surface area contributed by atoms with Crippen molar-refractivity contribution in [2.75, 3.05) is 12.4 Å². The van der Waals surface area contributed by atoms with Gasteiger partial charge in [0.1, 0.15) is 5.75 Å². The minimum atomic E-state index is -0.0450. The molecule has 0 saturated heterocycles. The SMILES string of the molecule is Cc1cc(C)n2nc(SCC(=O)NC3CCOc4ccccc43)nc2n1. The van der Waals surface area contributed by atoms with Crippen LogP contribution in [-0.4, -0.2) is 37.8 Å². The van der Waals surface area contributed by atoms with Crippen molar-refractivity contribution in [3.8, 4) is 5.75 Å². The van der Waals surface area contributed by atoms with Gasteiger partial charge in [-0.3, -0.25) is 4.79 Å². The van der Waals surface area contributed by atoms with Crippen LogP contribution in [0, 0.1) is 13.8 Å². The number of rotatable bonds is 4. The maximum Gasteiger partial charge on any atom is 0.253 e. The van der Waals surface area contributed by atoms with Crippen LogP contribution < -0.4 is 10.1 Å². The molecule has 0 aliphatic carbocycles. The average molecular weight is 369 g/mol. The van der Waals surface area contributed by atoms with E-state index >= 15 is 0 Å². The first-order valence-electron chi connectivity index (χ1n) is 8.45. The Kier molecular flexibility index (Phi) is 4.50. The van der Waals surface area contributed by atoms with E-state index in [0.717, 1.165) is 29.1 Å². The van der Waals surface area contributed by atoms with Crippen molar-refractivity contribution in [2.24, 2.45) is 0 Å². The molecule has 0 bridgehead atoms. The maximum atomic E-state index is 12.4. The number of aryl methyl sites for hydroxylation is 2. The number of carbonyl (C=O) groups is 1. The highest BCUT2D eigenvalue weighted by Crippen LogP contribution is 2.31. The van der Waals surface area contributed by atoms with Crippen molar-refractivity contribution >= 4 is 23.4 Å². The molecule has 1 aliphatic heterocycles. The minimum absolute atomic E-state index is 0.0198. The van der Waals surface area contributed by atoms with Gasteiger partial charge < -0.3 is 10.1 Å². The summed E-state index contributed by atoms with van der Waals surface area (Å²) in [4.78, 5) is 21.1. The molecule has 1 amide bonds. The standard InChI is InChI=1S/C18H19N5O2S/c1-11-9-12(2)23-17(19-11)21-18(22-23)26-10-16(24)20-14-7-8-25-15-6-4-3-5-13(14)15/h3-6,9,14H,7-8,10H2,1-2H3,(H,20,24). The molecule has 134 valence electrons. The van der Waals surface area contributed by atoms with Gasteiger partial charge >= 0.3 is 0 Å². The summed E-state index contributed by atoms with van der Waals surface area (Å²) < 4.78 is 7.33. The second kappa shape index (κ2) is 6.95. The largest absolute Gasteiger partial charge is 0.493 e. The van der Waals surface area contributed by atoms with Gasteiger partial charge in [-0.25, -0.2) is 9.50 Å².